The van der Waals surface area contributed by atoms with Crippen LogP contribution in [0.2, 0.25) is 0 Å². The summed E-state index contributed by atoms with van der Waals surface area (Å²) in [7, 11) is 3.60. The lowest BCUT2D eigenvalue weighted by Crippen LogP contribution is -2.05. The van der Waals surface area contributed by atoms with E-state index in [9.17, 15) is 0 Å². The summed E-state index contributed by atoms with van der Waals surface area (Å²) >= 11 is 0. The van der Waals surface area contributed by atoms with Gasteiger partial charge in [0, 0.05) is 14.1 Å². The van der Waals surface area contributed by atoms with Crippen LogP contribution in [-0.2, 0) is 0 Å². The first-order valence-corrected chi connectivity index (χ1v) is 3.49. The van der Waals surface area contributed by atoms with E-state index in [1.54, 1.807) is 24.5 Å². The monoisotopic (exact) mass is 142 g/mol. The van der Waals surface area contributed by atoms with Gasteiger partial charge in [-0.2, -0.15) is 0 Å². The minimum atomic E-state index is 1.25. The van der Waals surface area contributed by atoms with Crippen LogP contribution in [0.4, 0.5) is 0 Å². The fourth-order valence-electron chi connectivity index (χ4n) is 0.229. The summed E-state index contributed by atoms with van der Waals surface area (Å²) in [5.41, 5.74) is 0. The van der Waals surface area contributed by atoms with Crippen LogP contribution in [0, 0.1) is 0 Å². The zero-order valence-electron chi connectivity index (χ0n) is 7.46. The highest BCUT2D eigenvalue weighted by molar-refractivity contribution is 5.55. The predicted molar refractivity (Wildman–Crippen MR) is 48.3 cm³/mol. The molecule has 0 N–H and O–H groups in total. The molecule has 2 heteroatoms. The number of rotatable bonds is 2. The van der Waals surface area contributed by atoms with Crippen LogP contribution in [0.3, 0.4) is 0 Å². The van der Waals surface area contributed by atoms with Gasteiger partial charge in [0.2, 0.25) is 0 Å². The molecule has 2 nitrogen and oxygen atoms in total. The third-order valence-electron chi connectivity index (χ3n) is 0.586. The number of aliphatic imine (C=N–C) groups is 1. The van der Waals surface area contributed by atoms with Crippen molar-refractivity contribution in [2.45, 2.75) is 20.3 Å². The van der Waals surface area contributed by atoms with Crippen molar-refractivity contribution < 1.29 is 0 Å². The van der Waals surface area contributed by atoms with Crippen LogP contribution < -0.4 is 0 Å². The molecule has 0 aliphatic rings. The van der Waals surface area contributed by atoms with E-state index in [4.69, 9.17) is 0 Å². The quantitative estimate of drug-likeness (QED) is 0.426. The molecule has 0 saturated heterocycles. The van der Waals surface area contributed by atoms with Gasteiger partial charge >= 0.3 is 0 Å². The van der Waals surface area contributed by atoms with E-state index in [0.717, 1.165) is 0 Å². The van der Waals surface area contributed by atoms with Gasteiger partial charge in [-0.1, -0.05) is 26.8 Å². The number of hydrogen-bond donors (Lipinski definition) is 0. The average Bonchev–Trinajstić information content (AvgIpc) is 1.90. The molecular weight excluding hydrogens is 124 g/mol. The maximum atomic E-state index is 3.74. The summed E-state index contributed by atoms with van der Waals surface area (Å²) in [5.74, 6) is 0. The van der Waals surface area contributed by atoms with Crippen molar-refractivity contribution in [1.82, 2.24) is 4.90 Å². The van der Waals surface area contributed by atoms with Crippen molar-refractivity contribution in [1.29, 1.82) is 0 Å². The van der Waals surface area contributed by atoms with E-state index in [1.807, 2.05) is 7.05 Å². The van der Waals surface area contributed by atoms with Gasteiger partial charge in [-0.25, -0.2) is 0 Å². The summed E-state index contributed by atoms with van der Waals surface area (Å²) in [6.07, 6.45) is 4.62. The molecule has 0 bridgehead atoms. The van der Waals surface area contributed by atoms with Crippen LogP contribution in [0.1, 0.15) is 20.3 Å². The zero-order valence-corrected chi connectivity index (χ0v) is 7.46. The van der Waals surface area contributed by atoms with Crippen LogP contribution in [0.25, 0.3) is 0 Å². The Labute approximate surface area is 64.3 Å². The Morgan fingerprint density at radius 2 is 1.90 bits per heavy atom. The van der Waals surface area contributed by atoms with E-state index in [-0.39, 0.29) is 0 Å². The molecule has 0 heterocycles. The Bertz CT molecular complexity index is 87.3. The zero-order chi connectivity index (χ0) is 8.41. The highest BCUT2D eigenvalue weighted by atomic mass is 15.1. The summed E-state index contributed by atoms with van der Waals surface area (Å²) < 4.78 is 0. The fourth-order valence-corrected chi connectivity index (χ4v) is 0.229. The molecule has 0 fully saturated rings. The van der Waals surface area contributed by atoms with E-state index in [0.29, 0.717) is 0 Å². The average molecular weight is 142 g/mol. The van der Waals surface area contributed by atoms with Gasteiger partial charge < -0.3 is 4.90 Å². The molecule has 0 aromatic rings. The van der Waals surface area contributed by atoms with Crippen molar-refractivity contribution in [3.05, 3.63) is 12.8 Å². The fraction of sp³-hybridized carbons (Fsp3) is 0.625. The first-order chi connectivity index (χ1) is 4.72. The Hall–Kier alpha value is -0.790. The molecule has 0 rings (SSSR count). The van der Waals surface area contributed by atoms with E-state index < -0.39 is 0 Å². The van der Waals surface area contributed by atoms with Gasteiger partial charge in [-0.3, -0.25) is 4.99 Å². The largest absolute Gasteiger partial charge is 0.343 e. The second-order valence-corrected chi connectivity index (χ2v) is 1.93. The lowest BCUT2D eigenvalue weighted by atomic mass is 10.6. The molecule has 0 radical (unpaired) electrons. The molecule has 0 saturated carbocycles. The lowest BCUT2D eigenvalue weighted by Gasteiger charge is -2.00. The van der Waals surface area contributed by atoms with Gasteiger partial charge in [-0.15, -0.1) is 0 Å². The van der Waals surface area contributed by atoms with Gasteiger partial charge in [-0.05, 0) is 6.20 Å². The van der Waals surface area contributed by atoms with Crippen molar-refractivity contribution >= 4 is 6.34 Å². The molecule has 10 heavy (non-hydrogen) atoms. The number of nitrogens with zero attached hydrogens (tertiary/aromatic N) is 2. The van der Waals surface area contributed by atoms with Crippen molar-refractivity contribution in [2.75, 3.05) is 14.1 Å². The lowest BCUT2D eigenvalue weighted by molar-refractivity contribution is 0.712. The highest BCUT2D eigenvalue weighted by Crippen LogP contribution is 1.70. The summed E-state index contributed by atoms with van der Waals surface area (Å²) in [4.78, 5) is 5.51. The molecule has 0 aromatic heterocycles. The van der Waals surface area contributed by atoms with Gasteiger partial charge in [0.25, 0.3) is 0 Å². The molecule has 0 aliphatic heterocycles. The van der Waals surface area contributed by atoms with Crippen LogP contribution in [0.5, 0.6) is 0 Å². The van der Waals surface area contributed by atoms with Crippen molar-refractivity contribution in [2.24, 2.45) is 4.99 Å². The van der Waals surface area contributed by atoms with Gasteiger partial charge in [0.1, 0.15) is 0 Å². The van der Waals surface area contributed by atoms with E-state index >= 15 is 0 Å². The molecule has 60 valence electrons. The van der Waals surface area contributed by atoms with Crippen LogP contribution in [-0.4, -0.2) is 25.3 Å². The van der Waals surface area contributed by atoms with Crippen LogP contribution in [0.15, 0.2) is 17.8 Å². The Balaban J connectivity index is 0. The standard InChI is InChI=1S/C5H10N2.C3H8/c1-4-7(3)5-6-2;1-3-2/h4-5H,1H2,2-3H3;3H2,1-2H3. The van der Waals surface area contributed by atoms with Gasteiger partial charge in [0.05, 0.1) is 6.34 Å². The summed E-state index contributed by atoms with van der Waals surface area (Å²) in [5, 5.41) is 0. The third kappa shape index (κ3) is 15.7. The molecule has 0 atom stereocenters. The van der Waals surface area contributed by atoms with Crippen LogP contribution >= 0.6 is 0 Å². The number of hydrogen-bond acceptors (Lipinski definition) is 1. The van der Waals surface area contributed by atoms with E-state index in [1.165, 1.54) is 6.42 Å². The molecular formula is C8H18N2. The minimum Gasteiger partial charge on any atom is -0.343 e. The molecule has 0 spiro atoms. The first kappa shape index (κ1) is 11.9. The predicted octanol–water partition coefficient (Wildman–Crippen LogP) is 2.14. The van der Waals surface area contributed by atoms with Crippen molar-refractivity contribution in [3.63, 3.8) is 0 Å². The Morgan fingerprint density at radius 1 is 1.50 bits per heavy atom. The maximum absolute atomic E-state index is 3.74. The van der Waals surface area contributed by atoms with Crippen molar-refractivity contribution in [3.8, 4) is 0 Å². The van der Waals surface area contributed by atoms with Gasteiger partial charge in [0.15, 0.2) is 0 Å². The molecule has 0 aliphatic carbocycles. The topological polar surface area (TPSA) is 15.6 Å². The second-order valence-electron chi connectivity index (χ2n) is 1.93. The first-order valence-electron chi connectivity index (χ1n) is 3.49. The second kappa shape index (κ2) is 11.1. The smallest absolute Gasteiger partial charge is 0.0883 e. The maximum Gasteiger partial charge on any atom is 0.0883 e. The minimum absolute atomic E-state index is 1.25. The Morgan fingerprint density at radius 3 is 2.00 bits per heavy atom. The normalized spacial score (nSPS) is 8.40. The molecule has 0 amide bonds. The highest BCUT2D eigenvalue weighted by Gasteiger charge is 1.72. The molecule has 0 aromatic carbocycles. The summed E-state index contributed by atoms with van der Waals surface area (Å²) in [6, 6.07) is 0. The Kier molecular flexibility index (Phi) is 13.2. The molecule has 0 unspecified atom stereocenters. The SMILES string of the molecule is C=CN(C)C=NC.CCC. The van der Waals surface area contributed by atoms with E-state index in [2.05, 4.69) is 25.4 Å². The summed E-state index contributed by atoms with van der Waals surface area (Å²) in [6.45, 7) is 7.76. The third-order valence-corrected chi connectivity index (χ3v) is 0.586.